The van der Waals surface area contributed by atoms with Crippen LogP contribution in [0.2, 0.25) is 0 Å². The number of rotatable bonds is 2. The second-order valence-corrected chi connectivity index (χ2v) is 4.94. The van der Waals surface area contributed by atoms with E-state index in [0.717, 1.165) is 12.1 Å². The molecule has 0 unspecified atom stereocenters. The first-order valence-corrected chi connectivity index (χ1v) is 6.45. The van der Waals surface area contributed by atoms with E-state index in [0.29, 0.717) is 13.0 Å². The monoisotopic (exact) mass is 319 g/mol. The molecule has 1 aromatic carbocycles. The standard InChI is InChI=1S/C13H12F3NO3S/c1-20-12(19)9-4-5-17(9)11(21)7-2-3-10(18)8(6-7)13(14,15)16/h2-3,6,9,18H,4-5H2,1H3/t9-/m1/s1. The van der Waals surface area contributed by atoms with Crippen LogP contribution in [-0.2, 0) is 15.7 Å². The van der Waals surface area contributed by atoms with Gasteiger partial charge in [0.15, 0.2) is 0 Å². The maximum Gasteiger partial charge on any atom is 0.419 e. The molecule has 1 aliphatic rings. The van der Waals surface area contributed by atoms with Gasteiger partial charge < -0.3 is 14.7 Å². The zero-order valence-corrected chi connectivity index (χ0v) is 11.8. The first kappa shape index (κ1) is 15.6. The number of likely N-dealkylation sites (tertiary alicyclic amines) is 1. The Hall–Kier alpha value is -1.83. The lowest BCUT2D eigenvalue weighted by molar-refractivity contribution is -0.148. The minimum Gasteiger partial charge on any atom is -0.507 e. The van der Waals surface area contributed by atoms with Gasteiger partial charge in [0.05, 0.1) is 12.7 Å². The summed E-state index contributed by atoms with van der Waals surface area (Å²) in [6.07, 6.45) is -4.14. The fourth-order valence-corrected chi connectivity index (χ4v) is 2.42. The Morgan fingerprint density at radius 1 is 1.48 bits per heavy atom. The van der Waals surface area contributed by atoms with Crippen molar-refractivity contribution in [3.05, 3.63) is 29.3 Å². The van der Waals surface area contributed by atoms with Crippen molar-refractivity contribution in [1.29, 1.82) is 0 Å². The number of hydrogen-bond donors (Lipinski definition) is 1. The van der Waals surface area contributed by atoms with E-state index in [1.807, 2.05) is 0 Å². The third-order valence-corrected chi connectivity index (χ3v) is 3.77. The van der Waals surface area contributed by atoms with Gasteiger partial charge in [-0.05, 0) is 24.6 Å². The number of nitrogens with zero attached hydrogens (tertiary/aromatic N) is 1. The van der Waals surface area contributed by atoms with E-state index in [-0.39, 0.29) is 10.6 Å². The Morgan fingerprint density at radius 2 is 2.14 bits per heavy atom. The average Bonchev–Trinajstić information content (AvgIpc) is 2.36. The second-order valence-electron chi connectivity index (χ2n) is 4.56. The minimum absolute atomic E-state index is 0.127. The number of carbonyl (C=O) groups is 1. The smallest absolute Gasteiger partial charge is 0.419 e. The predicted molar refractivity (Wildman–Crippen MR) is 71.9 cm³/mol. The molecule has 1 aromatic rings. The molecule has 0 bridgehead atoms. The van der Waals surface area contributed by atoms with Gasteiger partial charge in [0, 0.05) is 12.1 Å². The lowest BCUT2D eigenvalue weighted by Gasteiger charge is -2.40. The fourth-order valence-electron chi connectivity index (χ4n) is 2.07. The Kier molecular flexibility index (Phi) is 4.08. The zero-order valence-electron chi connectivity index (χ0n) is 11.0. The lowest BCUT2D eigenvalue weighted by atomic mass is 10.0. The quantitative estimate of drug-likeness (QED) is 0.670. The number of halogens is 3. The summed E-state index contributed by atoms with van der Waals surface area (Å²) < 4.78 is 42.9. The summed E-state index contributed by atoms with van der Waals surface area (Å²) in [5.41, 5.74) is -1.03. The number of thiocarbonyl (C=S) groups is 1. The van der Waals surface area contributed by atoms with Gasteiger partial charge in [-0.2, -0.15) is 13.2 Å². The Morgan fingerprint density at radius 3 is 2.62 bits per heavy atom. The van der Waals surface area contributed by atoms with Crippen molar-refractivity contribution < 1.29 is 27.8 Å². The summed E-state index contributed by atoms with van der Waals surface area (Å²) in [6.45, 7) is 0.473. The Labute approximate surface area is 124 Å². The molecule has 0 radical (unpaired) electrons. The van der Waals surface area contributed by atoms with Crippen LogP contribution < -0.4 is 0 Å². The number of carbonyl (C=O) groups excluding carboxylic acids is 1. The van der Waals surface area contributed by atoms with Crippen LogP contribution >= 0.6 is 12.2 Å². The zero-order chi connectivity index (χ0) is 15.8. The van der Waals surface area contributed by atoms with Crippen molar-refractivity contribution in [3.8, 4) is 5.75 Å². The van der Waals surface area contributed by atoms with Gasteiger partial charge in [0.1, 0.15) is 16.8 Å². The largest absolute Gasteiger partial charge is 0.507 e. The van der Waals surface area contributed by atoms with E-state index in [2.05, 4.69) is 4.74 Å². The highest BCUT2D eigenvalue weighted by atomic mass is 32.1. The van der Waals surface area contributed by atoms with E-state index in [4.69, 9.17) is 12.2 Å². The molecule has 0 amide bonds. The van der Waals surface area contributed by atoms with E-state index >= 15 is 0 Å². The maximum atomic E-state index is 12.8. The van der Waals surface area contributed by atoms with Crippen molar-refractivity contribution in [3.63, 3.8) is 0 Å². The predicted octanol–water partition coefficient (Wildman–Crippen LogP) is 2.33. The molecule has 0 aromatic heterocycles. The number of benzene rings is 1. The van der Waals surface area contributed by atoms with Crippen LogP contribution in [0.5, 0.6) is 5.75 Å². The molecule has 1 aliphatic heterocycles. The van der Waals surface area contributed by atoms with Crippen LogP contribution in [0.3, 0.4) is 0 Å². The number of hydrogen-bond acceptors (Lipinski definition) is 4. The number of alkyl halides is 3. The van der Waals surface area contributed by atoms with Crippen molar-refractivity contribution in [2.24, 2.45) is 0 Å². The third kappa shape index (κ3) is 2.94. The molecule has 1 fully saturated rings. The first-order chi connectivity index (χ1) is 9.75. The highest BCUT2D eigenvalue weighted by Gasteiger charge is 2.38. The van der Waals surface area contributed by atoms with Crippen LogP contribution in [0.1, 0.15) is 17.5 Å². The van der Waals surface area contributed by atoms with Gasteiger partial charge in [-0.15, -0.1) is 0 Å². The molecule has 1 saturated heterocycles. The van der Waals surface area contributed by atoms with Crippen molar-refractivity contribution >= 4 is 23.2 Å². The fraction of sp³-hybridized carbons (Fsp3) is 0.385. The summed E-state index contributed by atoms with van der Waals surface area (Å²) >= 11 is 5.13. The molecular formula is C13H12F3NO3S. The van der Waals surface area contributed by atoms with E-state index in [9.17, 15) is 23.1 Å². The third-order valence-electron chi connectivity index (χ3n) is 3.30. The Balaban J connectivity index is 2.27. The average molecular weight is 319 g/mol. The summed E-state index contributed by atoms with van der Waals surface area (Å²) in [5.74, 6) is -1.33. The number of esters is 1. The van der Waals surface area contributed by atoms with E-state index < -0.39 is 29.5 Å². The van der Waals surface area contributed by atoms with Crippen LogP contribution in [-0.4, -0.2) is 40.7 Å². The van der Waals surface area contributed by atoms with Gasteiger partial charge in [-0.1, -0.05) is 12.2 Å². The number of phenols is 1. The normalized spacial score (nSPS) is 18.1. The highest BCUT2D eigenvalue weighted by molar-refractivity contribution is 7.80. The molecule has 1 heterocycles. The number of aromatic hydroxyl groups is 1. The molecule has 1 N–H and O–H groups in total. The number of phenolic OH excluding ortho intramolecular Hbond substituents is 1. The summed E-state index contributed by atoms with van der Waals surface area (Å²) in [4.78, 5) is 13.1. The molecule has 8 heteroatoms. The van der Waals surface area contributed by atoms with Gasteiger partial charge in [0.2, 0.25) is 0 Å². The molecule has 0 saturated carbocycles. The first-order valence-electron chi connectivity index (χ1n) is 6.04. The molecule has 1 atom stereocenters. The van der Waals surface area contributed by atoms with Crippen LogP contribution in [0.15, 0.2) is 18.2 Å². The molecule has 21 heavy (non-hydrogen) atoms. The van der Waals surface area contributed by atoms with Gasteiger partial charge in [0.25, 0.3) is 0 Å². The maximum absolute atomic E-state index is 12.8. The second kappa shape index (κ2) is 5.51. The number of ether oxygens (including phenoxy) is 1. The van der Waals surface area contributed by atoms with Crippen molar-refractivity contribution in [2.75, 3.05) is 13.7 Å². The topological polar surface area (TPSA) is 49.8 Å². The highest BCUT2D eigenvalue weighted by Crippen LogP contribution is 2.36. The number of methoxy groups -OCH3 is 1. The summed E-state index contributed by atoms with van der Waals surface area (Å²) in [6, 6.07) is 2.45. The minimum atomic E-state index is -4.67. The summed E-state index contributed by atoms with van der Waals surface area (Å²) in [7, 11) is 1.24. The molecule has 2 rings (SSSR count). The van der Waals surface area contributed by atoms with E-state index in [1.54, 1.807) is 0 Å². The van der Waals surface area contributed by atoms with Crippen molar-refractivity contribution in [1.82, 2.24) is 4.90 Å². The Bertz CT molecular complexity index is 589. The van der Waals surface area contributed by atoms with Crippen LogP contribution in [0.25, 0.3) is 0 Å². The lowest BCUT2D eigenvalue weighted by Crippen LogP contribution is -2.55. The SMILES string of the molecule is COC(=O)[C@H]1CCN1C(=S)c1ccc(O)c(C(F)(F)F)c1. The van der Waals surface area contributed by atoms with Gasteiger partial charge in [-0.25, -0.2) is 4.79 Å². The van der Waals surface area contributed by atoms with Crippen LogP contribution in [0.4, 0.5) is 13.2 Å². The molecule has 4 nitrogen and oxygen atoms in total. The van der Waals surface area contributed by atoms with E-state index in [1.165, 1.54) is 18.1 Å². The van der Waals surface area contributed by atoms with Crippen LogP contribution in [0, 0.1) is 0 Å². The van der Waals surface area contributed by atoms with Crippen molar-refractivity contribution in [2.45, 2.75) is 18.6 Å². The van der Waals surface area contributed by atoms with Gasteiger partial charge in [-0.3, -0.25) is 0 Å². The van der Waals surface area contributed by atoms with Gasteiger partial charge >= 0.3 is 12.1 Å². The molecule has 114 valence electrons. The molecular weight excluding hydrogens is 307 g/mol. The molecule has 0 spiro atoms. The molecule has 0 aliphatic carbocycles. The summed E-state index contributed by atoms with van der Waals surface area (Å²) in [5, 5.41) is 9.29.